The summed E-state index contributed by atoms with van der Waals surface area (Å²) >= 11 is 0. The fraction of sp³-hybridized carbons (Fsp3) is 0.737. The Morgan fingerprint density at radius 3 is 2.27 bits per heavy atom. The minimum atomic E-state index is -0.994. The van der Waals surface area contributed by atoms with Gasteiger partial charge in [-0.15, -0.1) is 0 Å². The van der Waals surface area contributed by atoms with Crippen LogP contribution in [-0.4, -0.2) is 14.7 Å². The van der Waals surface area contributed by atoms with Gasteiger partial charge in [0.25, 0.3) is 0 Å². The van der Waals surface area contributed by atoms with Gasteiger partial charge in [-0.25, -0.2) is 0 Å². The van der Waals surface area contributed by atoms with Crippen molar-refractivity contribution in [3.63, 3.8) is 0 Å². The van der Waals surface area contributed by atoms with Gasteiger partial charge in [-0.2, -0.15) is 0 Å². The Kier molecular flexibility index (Phi) is 3.71. The van der Waals surface area contributed by atoms with E-state index < -0.39 is 14.2 Å². The van der Waals surface area contributed by atoms with Crippen LogP contribution in [0.25, 0.3) is 0 Å². The molecule has 1 N–H and O–H groups in total. The third-order valence-corrected chi connectivity index (χ3v) is 9.84. The average molecular weight is 317 g/mol. The van der Waals surface area contributed by atoms with E-state index in [-0.39, 0.29) is 5.91 Å². The van der Waals surface area contributed by atoms with Crippen LogP contribution in [0, 0.1) is 23.2 Å². The van der Waals surface area contributed by atoms with Crippen LogP contribution in [0.5, 0.6) is 0 Å². The molecule has 3 aliphatic carbocycles. The van der Waals surface area contributed by atoms with Gasteiger partial charge >= 0.3 is 0 Å². The monoisotopic (exact) mass is 316 g/mol. The molecule has 0 heterocycles. The van der Waals surface area contributed by atoms with Crippen LogP contribution >= 0.6 is 0 Å². The second-order valence-electron chi connectivity index (χ2n) is 8.31. The number of rotatable bonds is 3. The number of carbonyl (C=O) groups excluding carboxylic acids is 1. The molecule has 2 saturated carbocycles. The third-order valence-electron chi connectivity index (χ3n) is 7.33. The lowest BCUT2D eigenvalue weighted by molar-refractivity contribution is -0.129. The second-order valence-corrected chi connectivity index (χ2v) is 11.5. The summed E-state index contributed by atoms with van der Waals surface area (Å²) in [4.78, 5) is 12.8. The van der Waals surface area contributed by atoms with Crippen LogP contribution in [0.15, 0.2) is 22.3 Å². The molecular formula is C19H30NOSi. The van der Waals surface area contributed by atoms with E-state index in [0.717, 1.165) is 6.42 Å². The van der Waals surface area contributed by atoms with Crippen LogP contribution in [0.4, 0.5) is 0 Å². The Balaban J connectivity index is 2.22. The third kappa shape index (κ3) is 1.75. The molecule has 2 nitrogen and oxygen atoms in total. The summed E-state index contributed by atoms with van der Waals surface area (Å²) in [6.45, 7) is 13.7. The molecule has 22 heavy (non-hydrogen) atoms. The highest BCUT2D eigenvalue weighted by Gasteiger charge is 2.65. The summed E-state index contributed by atoms with van der Waals surface area (Å²) < 4.78 is 0. The minimum Gasteiger partial charge on any atom is -0.272 e. The van der Waals surface area contributed by atoms with Crippen molar-refractivity contribution < 1.29 is 4.79 Å². The molecule has 5 unspecified atom stereocenters. The van der Waals surface area contributed by atoms with E-state index in [0.29, 0.717) is 23.3 Å². The maximum Gasteiger partial charge on any atom is 0.249 e. The van der Waals surface area contributed by atoms with Gasteiger partial charge < -0.3 is 0 Å². The Morgan fingerprint density at radius 2 is 1.82 bits per heavy atom. The Hall–Kier alpha value is -0.833. The lowest BCUT2D eigenvalue weighted by Crippen LogP contribution is -2.48. The summed E-state index contributed by atoms with van der Waals surface area (Å²) in [6.07, 6.45) is 3.65. The maximum atomic E-state index is 12.8. The number of hydrogen-bond acceptors (Lipinski definition) is 1. The molecular weight excluding hydrogens is 286 g/mol. The molecule has 0 aromatic carbocycles. The lowest BCUT2D eigenvalue weighted by Gasteiger charge is -2.46. The molecule has 5 atom stereocenters. The van der Waals surface area contributed by atoms with E-state index in [1.54, 1.807) is 0 Å². The number of hydrogen-bond donors (Lipinski definition) is 0. The number of allylic oxidation sites excluding steroid dienone is 3. The van der Waals surface area contributed by atoms with Crippen molar-refractivity contribution >= 4 is 14.7 Å². The highest BCUT2D eigenvalue weighted by molar-refractivity contribution is 6.58. The minimum absolute atomic E-state index is 0.269. The number of nitrogens with one attached hydrogen (secondary N) is 1. The zero-order valence-electron chi connectivity index (χ0n) is 14.9. The van der Waals surface area contributed by atoms with Crippen molar-refractivity contribution in [1.82, 2.24) is 5.73 Å². The Labute approximate surface area is 136 Å². The normalized spacial score (nSPS) is 41.2. The standard InChI is InChI=1S/C19H30NOSi/c1-10-11(2)13(4)16(12(10)3)19(18(20)21)15-8-7-14(9-15)17(19)22(5)6/h12,14-15,17,20,22H,7-9H2,1-6H3. The first-order valence-corrected chi connectivity index (χ1v) is 11.9. The second kappa shape index (κ2) is 5.09. The van der Waals surface area contributed by atoms with Crippen LogP contribution in [-0.2, 0) is 4.79 Å². The number of amides is 1. The van der Waals surface area contributed by atoms with E-state index in [1.165, 1.54) is 35.1 Å². The first-order chi connectivity index (χ1) is 10.2. The van der Waals surface area contributed by atoms with Gasteiger partial charge in [-0.05, 0) is 73.6 Å². The van der Waals surface area contributed by atoms with Crippen molar-refractivity contribution in [1.29, 1.82) is 0 Å². The zero-order valence-corrected chi connectivity index (χ0v) is 16.1. The molecule has 3 rings (SSSR count). The highest BCUT2D eigenvalue weighted by Crippen LogP contribution is 2.69. The SMILES string of the molecule is CC1=C(C)C(C)C(C2(C([NH])=O)C3CCC(C3)C2[SiH](C)C)=C1C. The topological polar surface area (TPSA) is 40.9 Å². The molecule has 2 bridgehead atoms. The first kappa shape index (κ1) is 16.0. The van der Waals surface area contributed by atoms with E-state index in [2.05, 4.69) is 40.8 Å². The van der Waals surface area contributed by atoms with E-state index in [9.17, 15) is 4.79 Å². The largest absolute Gasteiger partial charge is 0.272 e. The zero-order chi connectivity index (χ0) is 16.4. The lowest BCUT2D eigenvalue weighted by atomic mass is 9.63. The summed E-state index contributed by atoms with van der Waals surface area (Å²) in [5.41, 5.74) is 13.8. The molecule has 1 amide bonds. The molecule has 3 aliphatic rings. The van der Waals surface area contributed by atoms with Crippen molar-refractivity contribution in [2.75, 3.05) is 0 Å². The van der Waals surface area contributed by atoms with Crippen LogP contribution in [0.3, 0.4) is 0 Å². The van der Waals surface area contributed by atoms with Gasteiger partial charge in [0.05, 0.1) is 5.41 Å². The highest BCUT2D eigenvalue weighted by atomic mass is 28.3. The molecule has 3 heteroatoms. The van der Waals surface area contributed by atoms with Crippen LogP contribution < -0.4 is 5.73 Å². The molecule has 0 saturated heterocycles. The molecule has 121 valence electrons. The van der Waals surface area contributed by atoms with Gasteiger partial charge in [0.1, 0.15) is 0 Å². The van der Waals surface area contributed by atoms with Crippen molar-refractivity contribution in [3.8, 4) is 0 Å². The smallest absolute Gasteiger partial charge is 0.249 e. The Morgan fingerprint density at radius 1 is 1.18 bits per heavy atom. The molecule has 0 spiro atoms. The Bertz CT molecular complexity index is 588. The van der Waals surface area contributed by atoms with Gasteiger partial charge in [0.2, 0.25) is 5.91 Å². The maximum absolute atomic E-state index is 12.8. The van der Waals surface area contributed by atoms with E-state index >= 15 is 0 Å². The summed E-state index contributed by atoms with van der Waals surface area (Å²) in [5, 5.41) is 0. The van der Waals surface area contributed by atoms with Crippen molar-refractivity contribution in [2.24, 2.45) is 23.2 Å². The number of carbonyl (C=O) groups is 1. The van der Waals surface area contributed by atoms with Crippen LogP contribution in [0.1, 0.15) is 47.0 Å². The summed E-state index contributed by atoms with van der Waals surface area (Å²) in [7, 11) is -0.994. The van der Waals surface area contributed by atoms with Gasteiger partial charge in [-0.3, -0.25) is 10.5 Å². The van der Waals surface area contributed by atoms with Gasteiger partial charge in [0, 0.05) is 8.80 Å². The van der Waals surface area contributed by atoms with Crippen molar-refractivity contribution in [3.05, 3.63) is 22.3 Å². The molecule has 1 radical (unpaired) electrons. The molecule has 0 aromatic rings. The van der Waals surface area contributed by atoms with Crippen LogP contribution in [0.2, 0.25) is 18.6 Å². The van der Waals surface area contributed by atoms with Gasteiger partial charge in [-0.1, -0.05) is 32.0 Å². The van der Waals surface area contributed by atoms with E-state index in [1.807, 2.05) is 0 Å². The van der Waals surface area contributed by atoms with E-state index in [4.69, 9.17) is 5.73 Å². The predicted molar refractivity (Wildman–Crippen MR) is 94.2 cm³/mol. The summed E-state index contributed by atoms with van der Waals surface area (Å²) in [5.74, 6) is 1.23. The summed E-state index contributed by atoms with van der Waals surface area (Å²) in [6, 6.07) is 0. The first-order valence-electron chi connectivity index (χ1n) is 8.89. The molecule has 2 fully saturated rings. The fourth-order valence-electron chi connectivity index (χ4n) is 6.36. The molecule has 0 aliphatic heterocycles. The van der Waals surface area contributed by atoms with Crippen molar-refractivity contribution in [2.45, 2.75) is 65.6 Å². The quantitative estimate of drug-likeness (QED) is 0.713. The predicted octanol–water partition coefficient (Wildman–Crippen LogP) is 4.37. The number of fused-ring (bicyclic) bond motifs is 2. The fourth-order valence-corrected chi connectivity index (χ4v) is 9.45. The average Bonchev–Trinajstić information content (AvgIpc) is 3.08. The van der Waals surface area contributed by atoms with Gasteiger partial charge in [0.15, 0.2) is 0 Å². The molecule has 0 aromatic heterocycles.